The van der Waals surface area contributed by atoms with Crippen LogP contribution in [0.25, 0.3) is 0 Å². The Hall–Kier alpha value is -2.54. The van der Waals surface area contributed by atoms with E-state index in [0.29, 0.717) is 12.5 Å². The van der Waals surface area contributed by atoms with Crippen molar-refractivity contribution in [1.29, 1.82) is 0 Å². The van der Waals surface area contributed by atoms with Crippen LogP contribution in [0.4, 0.5) is 0 Å². The summed E-state index contributed by atoms with van der Waals surface area (Å²) in [4.78, 5) is 4.20. The van der Waals surface area contributed by atoms with Crippen LogP contribution in [0.1, 0.15) is 67.3 Å². The quantitative estimate of drug-likeness (QED) is 0.732. The van der Waals surface area contributed by atoms with Crippen molar-refractivity contribution < 1.29 is 4.42 Å². The lowest BCUT2D eigenvalue weighted by Gasteiger charge is -2.25. The van der Waals surface area contributed by atoms with E-state index >= 15 is 0 Å². The van der Waals surface area contributed by atoms with Crippen molar-refractivity contribution in [2.75, 3.05) is 0 Å². The van der Waals surface area contributed by atoms with Crippen LogP contribution in [0.5, 0.6) is 0 Å². The maximum absolute atomic E-state index is 6.60. The fourth-order valence-electron chi connectivity index (χ4n) is 3.86. The van der Waals surface area contributed by atoms with E-state index in [2.05, 4.69) is 20.5 Å². The third-order valence-electron chi connectivity index (χ3n) is 5.30. The second-order valence-electron chi connectivity index (χ2n) is 6.97. The minimum absolute atomic E-state index is 0.0532. The van der Waals surface area contributed by atoms with E-state index < -0.39 is 0 Å². The van der Waals surface area contributed by atoms with Gasteiger partial charge in [0.05, 0.1) is 12.3 Å². The number of pyridine rings is 1. The standard InChI is InChI=1S/C19H24N6O/c20-19(14-6-4-10-21-13-14)16(17-9-5-11-26-17)12-18-22-23-24-25(18)15-7-2-1-3-8-15/h4-6,9-11,13,15-16,19H,1-3,7-8,12,20H2. The average molecular weight is 352 g/mol. The Morgan fingerprint density at radius 1 is 1.19 bits per heavy atom. The molecule has 2 N–H and O–H groups in total. The molecule has 7 heteroatoms. The summed E-state index contributed by atoms with van der Waals surface area (Å²) < 4.78 is 7.70. The van der Waals surface area contributed by atoms with Gasteiger partial charge in [0.25, 0.3) is 0 Å². The molecule has 2 atom stereocenters. The van der Waals surface area contributed by atoms with Crippen LogP contribution in [0.3, 0.4) is 0 Å². The highest BCUT2D eigenvalue weighted by Crippen LogP contribution is 2.34. The second kappa shape index (κ2) is 7.78. The van der Waals surface area contributed by atoms with Gasteiger partial charge in [0.1, 0.15) is 5.76 Å². The molecule has 3 aromatic rings. The van der Waals surface area contributed by atoms with Crippen molar-refractivity contribution in [3.63, 3.8) is 0 Å². The number of nitrogens with two attached hydrogens (primary N) is 1. The molecule has 4 rings (SSSR count). The fourth-order valence-corrected chi connectivity index (χ4v) is 3.86. The van der Waals surface area contributed by atoms with Gasteiger partial charge in [-0.1, -0.05) is 25.3 Å². The Labute approximate surface area is 152 Å². The molecule has 0 aromatic carbocycles. The first-order chi connectivity index (χ1) is 12.8. The summed E-state index contributed by atoms with van der Waals surface area (Å²) in [6.45, 7) is 0. The van der Waals surface area contributed by atoms with Gasteiger partial charge < -0.3 is 10.2 Å². The van der Waals surface area contributed by atoms with Gasteiger partial charge in [-0.15, -0.1) is 5.10 Å². The first kappa shape index (κ1) is 16.9. The molecule has 1 fully saturated rings. The predicted molar refractivity (Wildman–Crippen MR) is 96.3 cm³/mol. The number of aromatic nitrogens is 5. The highest BCUT2D eigenvalue weighted by molar-refractivity contribution is 5.21. The van der Waals surface area contributed by atoms with Gasteiger partial charge >= 0.3 is 0 Å². The summed E-state index contributed by atoms with van der Waals surface area (Å²) in [5, 5.41) is 12.5. The smallest absolute Gasteiger partial charge is 0.152 e. The van der Waals surface area contributed by atoms with Crippen LogP contribution in [0, 0.1) is 0 Å². The molecule has 0 amide bonds. The third kappa shape index (κ3) is 3.53. The number of nitrogens with zero attached hydrogens (tertiary/aromatic N) is 5. The maximum atomic E-state index is 6.60. The van der Waals surface area contributed by atoms with Crippen LogP contribution in [-0.2, 0) is 6.42 Å². The lowest BCUT2D eigenvalue weighted by atomic mass is 9.89. The summed E-state index contributed by atoms with van der Waals surface area (Å²) in [6, 6.07) is 7.91. The molecule has 26 heavy (non-hydrogen) atoms. The van der Waals surface area contributed by atoms with Crippen LogP contribution in [-0.4, -0.2) is 25.2 Å². The fraction of sp³-hybridized carbons (Fsp3) is 0.474. The van der Waals surface area contributed by atoms with E-state index in [0.717, 1.165) is 30.0 Å². The molecule has 0 aliphatic heterocycles. The first-order valence-corrected chi connectivity index (χ1v) is 9.28. The molecule has 2 unspecified atom stereocenters. The van der Waals surface area contributed by atoms with Crippen LogP contribution < -0.4 is 5.73 Å². The molecule has 1 aliphatic carbocycles. The van der Waals surface area contributed by atoms with Crippen molar-refractivity contribution in [1.82, 2.24) is 25.2 Å². The van der Waals surface area contributed by atoms with E-state index in [4.69, 9.17) is 10.2 Å². The molecule has 136 valence electrons. The van der Waals surface area contributed by atoms with Crippen LogP contribution in [0.2, 0.25) is 0 Å². The van der Waals surface area contributed by atoms with E-state index in [9.17, 15) is 0 Å². The Morgan fingerprint density at radius 2 is 2.08 bits per heavy atom. The predicted octanol–water partition coefficient (Wildman–Crippen LogP) is 3.19. The highest BCUT2D eigenvalue weighted by atomic mass is 16.3. The average Bonchev–Trinajstić information content (AvgIpc) is 3.39. The van der Waals surface area contributed by atoms with E-state index in [1.165, 1.54) is 19.3 Å². The van der Waals surface area contributed by atoms with Gasteiger partial charge in [-0.25, -0.2) is 4.68 Å². The topological polar surface area (TPSA) is 95.6 Å². The second-order valence-corrected chi connectivity index (χ2v) is 6.97. The van der Waals surface area contributed by atoms with Crippen LogP contribution in [0.15, 0.2) is 47.3 Å². The van der Waals surface area contributed by atoms with Crippen molar-refractivity contribution >= 4 is 0 Å². The van der Waals surface area contributed by atoms with Gasteiger partial charge in [-0.05, 0) is 47.0 Å². The number of rotatable bonds is 6. The lowest BCUT2D eigenvalue weighted by molar-refractivity contribution is 0.311. The zero-order valence-electron chi connectivity index (χ0n) is 14.7. The van der Waals surface area contributed by atoms with Gasteiger partial charge in [0.2, 0.25) is 0 Å². The molecule has 0 saturated heterocycles. The molecule has 7 nitrogen and oxygen atoms in total. The first-order valence-electron chi connectivity index (χ1n) is 9.28. The summed E-state index contributed by atoms with van der Waals surface area (Å²) in [6.07, 6.45) is 11.9. The van der Waals surface area contributed by atoms with Crippen molar-refractivity contribution in [3.05, 3.63) is 60.1 Å². The summed E-state index contributed by atoms with van der Waals surface area (Å²) in [5.41, 5.74) is 7.58. The summed E-state index contributed by atoms with van der Waals surface area (Å²) in [5.74, 6) is 1.67. The summed E-state index contributed by atoms with van der Waals surface area (Å²) in [7, 11) is 0. The Kier molecular flexibility index (Phi) is 5.06. The monoisotopic (exact) mass is 352 g/mol. The minimum Gasteiger partial charge on any atom is -0.469 e. The number of hydrogen-bond donors (Lipinski definition) is 1. The molecule has 1 aliphatic rings. The highest BCUT2D eigenvalue weighted by Gasteiger charge is 2.28. The summed E-state index contributed by atoms with van der Waals surface area (Å²) >= 11 is 0. The SMILES string of the molecule is NC(c1cccnc1)C(Cc1nnnn1C1CCCCC1)c1ccco1. The number of furan rings is 1. The van der Waals surface area contributed by atoms with Crippen LogP contribution >= 0.6 is 0 Å². The zero-order valence-corrected chi connectivity index (χ0v) is 14.7. The van der Waals surface area contributed by atoms with Crippen molar-refractivity contribution in [2.24, 2.45) is 5.73 Å². The lowest BCUT2D eigenvalue weighted by Crippen LogP contribution is -2.24. The largest absolute Gasteiger partial charge is 0.469 e. The zero-order chi connectivity index (χ0) is 17.8. The van der Waals surface area contributed by atoms with E-state index in [1.54, 1.807) is 12.5 Å². The molecular formula is C19H24N6O. The van der Waals surface area contributed by atoms with Gasteiger partial charge in [-0.3, -0.25) is 4.98 Å². The third-order valence-corrected chi connectivity index (χ3v) is 5.30. The normalized spacial score (nSPS) is 17.9. The Bertz CT molecular complexity index is 795. The molecule has 3 aromatic heterocycles. The Balaban J connectivity index is 1.61. The van der Waals surface area contributed by atoms with Gasteiger partial charge in [0, 0.05) is 30.8 Å². The minimum atomic E-state index is -0.244. The molecule has 0 bridgehead atoms. The molecule has 1 saturated carbocycles. The number of tetrazole rings is 1. The van der Waals surface area contributed by atoms with E-state index in [1.807, 2.05) is 35.1 Å². The molecule has 0 radical (unpaired) electrons. The van der Waals surface area contributed by atoms with Crippen molar-refractivity contribution in [3.8, 4) is 0 Å². The number of hydrogen-bond acceptors (Lipinski definition) is 6. The molecule has 3 heterocycles. The van der Waals surface area contributed by atoms with Gasteiger partial charge in [0.15, 0.2) is 5.82 Å². The van der Waals surface area contributed by atoms with Crippen molar-refractivity contribution in [2.45, 2.75) is 56.5 Å². The molecule has 0 spiro atoms. The van der Waals surface area contributed by atoms with Gasteiger partial charge in [-0.2, -0.15) is 0 Å². The van der Waals surface area contributed by atoms with E-state index in [-0.39, 0.29) is 12.0 Å². The Morgan fingerprint density at radius 3 is 2.81 bits per heavy atom. The maximum Gasteiger partial charge on any atom is 0.152 e. The molecular weight excluding hydrogens is 328 g/mol.